The molecule has 0 saturated heterocycles. The van der Waals surface area contributed by atoms with Crippen LogP contribution in [0, 0.1) is 6.92 Å². The lowest BCUT2D eigenvalue weighted by Gasteiger charge is -2.25. The number of hydrogen-bond donors (Lipinski definition) is 2. The van der Waals surface area contributed by atoms with Crippen LogP contribution in [0.1, 0.15) is 12.5 Å². The first-order chi connectivity index (χ1) is 10.2. The van der Waals surface area contributed by atoms with Crippen LogP contribution in [0.15, 0.2) is 24.3 Å². The summed E-state index contributed by atoms with van der Waals surface area (Å²) < 4.78 is 4.91. The van der Waals surface area contributed by atoms with E-state index in [1.165, 1.54) is 11.3 Å². The molecule has 0 heterocycles. The van der Waals surface area contributed by atoms with E-state index in [2.05, 4.69) is 41.5 Å². The average Bonchev–Trinajstić information content (AvgIpc) is 2.49. The molecular weight excluding hydrogens is 337 g/mol. The molecule has 0 aliphatic rings. The van der Waals surface area contributed by atoms with Gasteiger partial charge in [-0.3, -0.25) is 4.79 Å². The number of nitrogens with zero attached hydrogens (tertiary/aromatic N) is 1. The SMILES string of the molecule is CCN(CCNC(=O)CNCCOC)c1ccccc1C.Cl.Cl. The van der Waals surface area contributed by atoms with Crippen molar-refractivity contribution in [1.82, 2.24) is 10.6 Å². The van der Waals surface area contributed by atoms with Crippen LogP contribution >= 0.6 is 24.8 Å². The predicted molar refractivity (Wildman–Crippen MR) is 101 cm³/mol. The number of anilines is 1. The molecule has 0 bridgehead atoms. The van der Waals surface area contributed by atoms with Crippen molar-refractivity contribution < 1.29 is 9.53 Å². The highest BCUT2D eigenvalue weighted by atomic mass is 35.5. The van der Waals surface area contributed by atoms with Crippen LogP contribution in [0.4, 0.5) is 5.69 Å². The number of likely N-dealkylation sites (N-methyl/N-ethyl adjacent to an activating group) is 1. The van der Waals surface area contributed by atoms with Gasteiger partial charge in [0, 0.05) is 39.0 Å². The van der Waals surface area contributed by atoms with Gasteiger partial charge in [-0.15, -0.1) is 24.8 Å². The Labute approximate surface area is 152 Å². The molecule has 0 radical (unpaired) electrons. The Morgan fingerprint density at radius 3 is 2.52 bits per heavy atom. The van der Waals surface area contributed by atoms with Gasteiger partial charge in [-0.2, -0.15) is 0 Å². The van der Waals surface area contributed by atoms with Crippen LogP contribution in [0.3, 0.4) is 0 Å². The lowest BCUT2D eigenvalue weighted by atomic mass is 10.2. The van der Waals surface area contributed by atoms with Crippen molar-refractivity contribution in [2.75, 3.05) is 51.3 Å². The van der Waals surface area contributed by atoms with Crippen molar-refractivity contribution in [2.24, 2.45) is 0 Å². The van der Waals surface area contributed by atoms with Crippen molar-refractivity contribution in [2.45, 2.75) is 13.8 Å². The number of aryl methyl sites for hydroxylation is 1. The number of benzene rings is 1. The minimum Gasteiger partial charge on any atom is -0.383 e. The van der Waals surface area contributed by atoms with Gasteiger partial charge in [0.1, 0.15) is 0 Å². The second-order valence-electron chi connectivity index (χ2n) is 4.89. The van der Waals surface area contributed by atoms with Gasteiger partial charge in [0.15, 0.2) is 0 Å². The summed E-state index contributed by atoms with van der Waals surface area (Å²) in [5, 5.41) is 5.96. The zero-order chi connectivity index (χ0) is 15.5. The quantitative estimate of drug-likeness (QED) is 0.622. The third-order valence-electron chi connectivity index (χ3n) is 3.31. The summed E-state index contributed by atoms with van der Waals surface area (Å²) in [5.74, 6) is 0.0203. The van der Waals surface area contributed by atoms with E-state index in [4.69, 9.17) is 4.74 Å². The summed E-state index contributed by atoms with van der Waals surface area (Å²) in [6.07, 6.45) is 0. The Balaban J connectivity index is 0. The summed E-state index contributed by atoms with van der Waals surface area (Å²) in [6, 6.07) is 8.31. The summed E-state index contributed by atoms with van der Waals surface area (Å²) in [5.41, 5.74) is 2.49. The fourth-order valence-electron chi connectivity index (χ4n) is 2.14. The van der Waals surface area contributed by atoms with Crippen molar-refractivity contribution in [3.05, 3.63) is 29.8 Å². The van der Waals surface area contributed by atoms with E-state index in [1.807, 2.05) is 12.1 Å². The van der Waals surface area contributed by atoms with E-state index in [-0.39, 0.29) is 30.7 Å². The highest BCUT2D eigenvalue weighted by Crippen LogP contribution is 2.18. The van der Waals surface area contributed by atoms with Crippen LogP contribution in [-0.2, 0) is 9.53 Å². The molecule has 0 aliphatic carbocycles. The molecule has 1 aromatic rings. The van der Waals surface area contributed by atoms with Gasteiger partial charge in [-0.25, -0.2) is 0 Å². The summed E-state index contributed by atoms with van der Waals surface area (Å²) in [4.78, 5) is 13.9. The standard InChI is InChI=1S/C16H27N3O2.2ClH/c1-4-19(15-8-6-5-7-14(15)2)11-9-18-16(20)13-17-10-12-21-3;;/h5-8,17H,4,9-13H2,1-3H3,(H,18,20);2*1H. The molecule has 0 unspecified atom stereocenters. The first kappa shape index (κ1) is 24.2. The number of rotatable bonds is 10. The Hall–Kier alpha value is -1.01. The lowest BCUT2D eigenvalue weighted by molar-refractivity contribution is -0.120. The highest BCUT2D eigenvalue weighted by molar-refractivity contribution is 5.85. The van der Waals surface area contributed by atoms with Gasteiger partial charge in [0.2, 0.25) is 5.91 Å². The Bertz CT molecular complexity index is 434. The maximum atomic E-state index is 11.6. The topological polar surface area (TPSA) is 53.6 Å². The molecule has 5 nitrogen and oxygen atoms in total. The Kier molecular flexibility index (Phi) is 15.4. The molecule has 1 rings (SSSR count). The lowest BCUT2D eigenvalue weighted by Crippen LogP contribution is -2.39. The molecule has 23 heavy (non-hydrogen) atoms. The molecule has 0 atom stereocenters. The third kappa shape index (κ3) is 9.66. The van der Waals surface area contributed by atoms with Gasteiger partial charge in [-0.05, 0) is 25.5 Å². The normalized spacial score (nSPS) is 9.52. The van der Waals surface area contributed by atoms with Gasteiger partial charge >= 0.3 is 0 Å². The minimum absolute atomic E-state index is 0. The van der Waals surface area contributed by atoms with E-state index in [0.29, 0.717) is 26.2 Å². The molecule has 0 fully saturated rings. The first-order valence-corrected chi connectivity index (χ1v) is 7.46. The number of nitrogens with one attached hydrogen (secondary N) is 2. The van der Waals surface area contributed by atoms with Crippen molar-refractivity contribution in [3.8, 4) is 0 Å². The number of amides is 1. The number of methoxy groups -OCH3 is 1. The van der Waals surface area contributed by atoms with Gasteiger partial charge in [0.25, 0.3) is 0 Å². The third-order valence-corrected chi connectivity index (χ3v) is 3.31. The Morgan fingerprint density at radius 1 is 1.22 bits per heavy atom. The van der Waals surface area contributed by atoms with E-state index < -0.39 is 0 Å². The zero-order valence-corrected chi connectivity index (χ0v) is 15.8. The van der Waals surface area contributed by atoms with E-state index >= 15 is 0 Å². The minimum atomic E-state index is 0. The maximum absolute atomic E-state index is 11.6. The van der Waals surface area contributed by atoms with Crippen LogP contribution in [0.5, 0.6) is 0 Å². The van der Waals surface area contributed by atoms with Crippen molar-refractivity contribution in [1.29, 1.82) is 0 Å². The fraction of sp³-hybridized carbons (Fsp3) is 0.562. The van der Waals surface area contributed by atoms with Crippen molar-refractivity contribution in [3.63, 3.8) is 0 Å². The summed E-state index contributed by atoms with van der Waals surface area (Å²) in [6.45, 7) is 8.25. The highest BCUT2D eigenvalue weighted by Gasteiger charge is 2.07. The molecule has 2 N–H and O–H groups in total. The van der Waals surface area contributed by atoms with Gasteiger partial charge in [-0.1, -0.05) is 18.2 Å². The predicted octanol–water partition coefficient (Wildman–Crippen LogP) is 2.02. The molecule has 1 amide bonds. The molecule has 0 spiro atoms. The molecule has 0 aliphatic heterocycles. The van der Waals surface area contributed by atoms with Gasteiger partial charge < -0.3 is 20.3 Å². The van der Waals surface area contributed by atoms with E-state index in [0.717, 1.165) is 13.1 Å². The largest absolute Gasteiger partial charge is 0.383 e. The van der Waals surface area contributed by atoms with Crippen LogP contribution in [0.2, 0.25) is 0 Å². The molecule has 134 valence electrons. The molecule has 7 heteroatoms. The fourth-order valence-corrected chi connectivity index (χ4v) is 2.14. The molecule has 0 aromatic heterocycles. The van der Waals surface area contributed by atoms with Crippen molar-refractivity contribution >= 4 is 36.4 Å². The number of ether oxygens (including phenoxy) is 1. The monoisotopic (exact) mass is 365 g/mol. The Morgan fingerprint density at radius 2 is 1.91 bits per heavy atom. The molecule has 1 aromatic carbocycles. The number of hydrogen-bond acceptors (Lipinski definition) is 4. The summed E-state index contributed by atoms with van der Waals surface area (Å²) in [7, 11) is 1.65. The first-order valence-electron chi connectivity index (χ1n) is 7.46. The van der Waals surface area contributed by atoms with Crippen LogP contribution < -0.4 is 15.5 Å². The molecular formula is C16H29Cl2N3O2. The van der Waals surface area contributed by atoms with E-state index in [9.17, 15) is 4.79 Å². The van der Waals surface area contributed by atoms with Gasteiger partial charge in [0.05, 0.1) is 13.2 Å². The summed E-state index contributed by atoms with van der Waals surface area (Å²) >= 11 is 0. The number of carbonyl (C=O) groups excluding carboxylic acids is 1. The number of carbonyl (C=O) groups is 1. The number of halogens is 2. The molecule has 0 saturated carbocycles. The average molecular weight is 366 g/mol. The van der Waals surface area contributed by atoms with Crippen LogP contribution in [0.25, 0.3) is 0 Å². The second-order valence-corrected chi connectivity index (χ2v) is 4.89. The van der Waals surface area contributed by atoms with Crippen LogP contribution in [-0.4, -0.2) is 52.3 Å². The maximum Gasteiger partial charge on any atom is 0.234 e. The zero-order valence-electron chi connectivity index (χ0n) is 14.1. The second kappa shape index (κ2) is 14.6. The smallest absolute Gasteiger partial charge is 0.234 e. The van der Waals surface area contributed by atoms with E-state index in [1.54, 1.807) is 7.11 Å². The number of para-hydroxylation sites is 1.